The summed E-state index contributed by atoms with van der Waals surface area (Å²) >= 11 is 3.54. The highest BCUT2D eigenvalue weighted by atomic mass is 32.2. The molecule has 4 nitrogen and oxygen atoms in total. The third kappa shape index (κ3) is 2.52. The summed E-state index contributed by atoms with van der Waals surface area (Å²) < 4.78 is 2.19. The Bertz CT molecular complexity index is 1450. The average Bonchev–Trinajstić information content (AvgIpc) is 3.50. The monoisotopic (exact) mass is 436 g/mol. The zero-order valence-corrected chi connectivity index (χ0v) is 18.0. The summed E-state index contributed by atoms with van der Waals surface area (Å²) in [6.45, 7) is 0. The predicted octanol–water partition coefficient (Wildman–Crippen LogP) is 6.54. The van der Waals surface area contributed by atoms with Gasteiger partial charge in [-0.05, 0) is 39.4 Å². The van der Waals surface area contributed by atoms with Gasteiger partial charge in [-0.1, -0.05) is 90.6 Å². The lowest BCUT2D eigenvalue weighted by Crippen LogP contribution is -2.30. The number of nitrogens with zero attached hydrogens (tertiary/aromatic N) is 4. The van der Waals surface area contributed by atoms with Gasteiger partial charge in [0.05, 0.1) is 0 Å². The second kappa shape index (κ2) is 6.64. The molecule has 1 atom stereocenters. The van der Waals surface area contributed by atoms with Crippen LogP contribution in [0, 0.1) is 0 Å². The highest BCUT2D eigenvalue weighted by Crippen LogP contribution is 2.54. The molecule has 0 saturated carbocycles. The van der Waals surface area contributed by atoms with E-state index in [1.165, 1.54) is 32.1 Å². The molecule has 0 bridgehead atoms. The van der Waals surface area contributed by atoms with Gasteiger partial charge in [-0.15, -0.1) is 10.2 Å². The molecule has 0 N–H and O–H groups in total. The minimum absolute atomic E-state index is 0.109. The third-order valence-electron chi connectivity index (χ3n) is 5.86. The Kier molecular flexibility index (Phi) is 3.74. The van der Waals surface area contributed by atoms with Crippen molar-refractivity contribution < 1.29 is 0 Å². The van der Waals surface area contributed by atoms with E-state index in [9.17, 15) is 0 Å². The first kappa shape index (κ1) is 17.5. The lowest BCUT2D eigenvalue weighted by molar-refractivity contribution is 0.643. The van der Waals surface area contributed by atoms with Crippen molar-refractivity contribution in [1.82, 2.24) is 14.9 Å². The number of aromatic nitrogens is 3. The molecule has 7 rings (SSSR count). The Morgan fingerprint density at radius 1 is 0.742 bits per heavy atom. The quantitative estimate of drug-likeness (QED) is 0.294. The molecule has 2 aliphatic rings. The third-order valence-corrected chi connectivity index (χ3v) is 8.01. The molecule has 31 heavy (non-hydrogen) atoms. The van der Waals surface area contributed by atoms with Crippen LogP contribution in [0.2, 0.25) is 0 Å². The Labute approximate surface area is 187 Å². The Balaban J connectivity index is 1.48. The maximum absolute atomic E-state index is 4.54. The molecule has 0 spiro atoms. The molecule has 0 amide bonds. The second-order valence-electron chi connectivity index (χ2n) is 7.61. The zero-order valence-electron chi connectivity index (χ0n) is 16.3. The van der Waals surface area contributed by atoms with Gasteiger partial charge in [-0.25, -0.2) is 4.68 Å². The highest BCUT2D eigenvalue weighted by Gasteiger charge is 2.41. The van der Waals surface area contributed by atoms with Gasteiger partial charge in [0.25, 0.3) is 0 Å². The summed E-state index contributed by atoms with van der Waals surface area (Å²) in [5.41, 5.74) is 2.41. The van der Waals surface area contributed by atoms with Crippen molar-refractivity contribution in [3.05, 3.63) is 101 Å². The number of rotatable bonds is 2. The molecule has 148 valence electrons. The molecule has 3 heterocycles. The van der Waals surface area contributed by atoms with Crippen molar-refractivity contribution in [3.63, 3.8) is 0 Å². The highest BCUT2D eigenvalue weighted by molar-refractivity contribution is 8.07. The van der Waals surface area contributed by atoms with E-state index in [0.29, 0.717) is 0 Å². The Morgan fingerprint density at radius 2 is 1.42 bits per heavy atom. The molecular formula is C25H16N4S2. The van der Waals surface area contributed by atoms with E-state index in [1.54, 1.807) is 11.8 Å². The predicted molar refractivity (Wildman–Crippen MR) is 129 cm³/mol. The molecule has 4 aromatic carbocycles. The minimum Gasteiger partial charge on any atom is -0.252 e. The SMILES string of the molecule is C1=C2Sc3nnc(-c4ccccc4)n3N2C(c2c3ccccc3cc3ccccc23)S1. The van der Waals surface area contributed by atoms with Crippen molar-refractivity contribution in [2.24, 2.45) is 0 Å². The van der Waals surface area contributed by atoms with Crippen LogP contribution in [0.15, 0.2) is 101 Å². The fraction of sp³-hybridized carbons (Fsp3) is 0.0400. The fourth-order valence-electron chi connectivity index (χ4n) is 4.51. The number of fused-ring (bicyclic) bond motifs is 5. The van der Waals surface area contributed by atoms with E-state index in [4.69, 9.17) is 0 Å². The fourth-order valence-corrected chi connectivity index (χ4v) is 6.82. The summed E-state index contributed by atoms with van der Waals surface area (Å²) in [6, 6.07) is 30.0. The van der Waals surface area contributed by atoms with Crippen LogP contribution in [-0.4, -0.2) is 14.9 Å². The van der Waals surface area contributed by atoms with Crippen LogP contribution < -0.4 is 5.01 Å². The first-order valence-electron chi connectivity index (χ1n) is 10.1. The van der Waals surface area contributed by atoms with Crippen LogP contribution in [0.4, 0.5) is 0 Å². The Hall–Kier alpha value is -3.22. The van der Waals surface area contributed by atoms with E-state index >= 15 is 0 Å². The zero-order chi connectivity index (χ0) is 20.4. The van der Waals surface area contributed by atoms with Gasteiger partial charge in [0.2, 0.25) is 5.16 Å². The van der Waals surface area contributed by atoms with Crippen LogP contribution in [0.5, 0.6) is 0 Å². The summed E-state index contributed by atoms with van der Waals surface area (Å²) in [7, 11) is 0. The lowest BCUT2D eigenvalue weighted by atomic mass is 9.96. The van der Waals surface area contributed by atoms with E-state index < -0.39 is 0 Å². The van der Waals surface area contributed by atoms with E-state index in [2.05, 4.69) is 92.0 Å². The first-order chi connectivity index (χ1) is 15.4. The summed E-state index contributed by atoms with van der Waals surface area (Å²) in [4.78, 5) is 0. The van der Waals surface area contributed by atoms with Crippen LogP contribution in [0.3, 0.4) is 0 Å². The van der Waals surface area contributed by atoms with Crippen molar-refractivity contribution >= 4 is 45.1 Å². The maximum Gasteiger partial charge on any atom is 0.217 e. The topological polar surface area (TPSA) is 34.0 Å². The summed E-state index contributed by atoms with van der Waals surface area (Å²) in [5.74, 6) is 0.878. The molecular weight excluding hydrogens is 420 g/mol. The van der Waals surface area contributed by atoms with Gasteiger partial charge in [0.15, 0.2) is 5.82 Å². The maximum atomic E-state index is 4.54. The molecule has 6 heteroatoms. The second-order valence-corrected chi connectivity index (χ2v) is 9.55. The number of hydrogen-bond acceptors (Lipinski definition) is 5. The van der Waals surface area contributed by atoms with E-state index in [-0.39, 0.29) is 5.37 Å². The lowest BCUT2D eigenvalue weighted by Gasteiger charge is -2.28. The van der Waals surface area contributed by atoms with E-state index in [1.807, 2.05) is 30.0 Å². The number of hydrogen-bond donors (Lipinski definition) is 0. The molecule has 0 saturated heterocycles. The summed E-state index contributed by atoms with van der Waals surface area (Å²) in [6.07, 6.45) is 0. The molecule has 1 aromatic heterocycles. The van der Waals surface area contributed by atoms with E-state index in [0.717, 1.165) is 16.5 Å². The first-order valence-corrected chi connectivity index (χ1v) is 11.9. The number of benzene rings is 4. The molecule has 0 radical (unpaired) electrons. The minimum atomic E-state index is 0.109. The van der Waals surface area contributed by atoms with Crippen LogP contribution >= 0.6 is 23.5 Å². The van der Waals surface area contributed by atoms with Gasteiger partial charge in [-0.2, -0.15) is 0 Å². The van der Waals surface area contributed by atoms with Crippen molar-refractivity contribution in [3.8, 4) is 11.4 Å². The molecule has 0 fully saturated rings. The molecule has 5 aromatic rings. The average molecular weight is 437 g/mol. The van der Waals surface area contributed by atoms with Gasteiger partial charge >= 0.3 is 0 Å². The summed E-state index contributed by atoms with van der Waals surface area (Å²) in [5, 5.41) is 21.0. The van der Waals surface area contributed by atoms with Crippen LogP contribution in [0.1, 0.15) is 10.9 Å². The van der Waals surface area contributed by atoms with Crippen molar-refractivity contribution in [2.75, 3.05) is 5.01 Å². The molecule has 0 aliphatic carbocycles. The van der Waals surface area contributed by atoms with Crippen LogP contribution in [0.25, 0.3) is 32.9 Å². The van der Waals surface area contributed by atoms with Crippen molar-refractivity contribution in [2.45, 2.75) is 10.5 Å². The van der Waals surface area contributed by atoms with Gasteiger partial charge in [-0.3, -0.25) is 5.01 Å². The number of thioether (sulfide) groups is 2. The van der Waals surface area contributed by atoms with Gasteiger partial charge in [0.1, 0.15) is 10.4 Å². The van der Waals surface area contributed by atoms with Crippen molar-refractivity contribution in [1.29, 1.82) is 0 Å². The normalized spacial score (nSPS) is 17.2. The van der Waals surface area contributed by atoms with Crippen LogP contribution in [-0.2, 0) is 0 Å². The van der Waals surface area contributed by atoms with Gasteiger partial charge < -0.3 is 0 Å². The molecule has 1 unspecified atom stereocenters. The smallest absolute Gasteiger partial charge is 0.217 e. The van der Waals surface area contributed by atoms with Gasteiger partial charge in [0, 0.05) is 16.5 Å². The molecule has 2 aliphatic heterocycles. The Morgan fingerprint density at radius 3 is 2.16 bits per heavy atom. The largest absolute Gasteiger partial charge is 0.252 e. The standard InChI is InChI=1S/C25H16N4S2/c1-2-8-16(9-3-1)23-26-27-25-29(23)28-21(31-25)15-30-24(28)22-19-12-6-4-10-17(19)14-18-11-5-7-13-20(18)22/h1-15,24H.